The van der Waals surface area contributed by atoms with Gasteiger partial charge in [0, 0.05) is 5.69 Å². The van der Waals surface area contributed by atoms with Crippen LogP contribution in [0, 0.1) is 0 Å². The van der Waals surface area contributed by atoms with Gasteiger partial charge in [-0.25, -0.2) is 0 Å². The fourth-order valence-corrected chi connectivity index (χ4v) is 3.00. The van der Waals surface area contributed by atoms with Gasteiger partial charge >= 0.3 is 0 Å². The average molecular weight is 352 g/mol. The van der Waals surface area contributed by atoms with E-state index in [1.165, 1.54) is 0 Å². The molecule has 0 fully saturated rings. The zero-order chi connectivity index (χ0) is 18.7. The van der Waals surface area contributed by atoms with Crippen molar-refractivity contribution < 1.29 is 19.1 Å². The van der Waals surface area contributed by atoms with Gasteiger partial charge in [-0.05, 0) is 49.7 Å². The summed E-state index contributed by atoms with van der Waals surface area (Å²) in [6.07, 6.45) is 0.328. The van der Waals surface area contributed by atoms with Crippen LogP contribution >= 0.6 is 0 Å². The third-order valence-corrected chi connectivity index (χ3v) is 4.26. The molecule has 1 aliphatic rings. The molecule has 26 heavy (non-hydrogen) atoms. The van der Waals surface area contributed by atoms with E-state index in [0.29, 0.717) is 35.6 Å². The fraction of sp³-hybridized carbons (Fsp3) is 0.250. The molecular formula is C20H20N2O4. The summed E-state index contributed by atoms with van der Waals surface area (Å²) >= 11 is 0. The highest BCUT2D eigenvalue weighted by molar-refractivity contribution is 6.23. The van der Waals surface area contributed by atoms with Gasteiger partial charge in [0.05, 0.1) is 17.7 Å². The van der Waals surface area contributed by atoms with Gasteiger partial charge in [-0.15, -0.1) is 0 Å². The highest BCUT2D eigenvalue weighted by Crippen LogP contribution is 2.26. The number of ether oxygens (including phenoxy) is 1. The average Bonchev–Trinajstić information content (AvgIpc) is 2.90. The van der Waals surface area contributed by atoms with Crippen molar-refractivity contribution in [2.45, 2.75) is 26.3 Å². The van der Waals surface area contributed by atoms with Gasteiger partial charge in [-0.1, -0.05) is 19.1 Å². The second-order valence-corrected chi connectivity index (χ2v) is 5.90. The molecule has 3 amide bonds. The van der Waals surface area contributed by atoms with Gasteiger partial charge in [-0.2, -0.15) is 0 Å². The van der Waals surface area contributed by atoms with Gasteiger partial charge < -0.3 is 10.1 Å². The van der Waals surface area contributed by atoms with Crippen LogP contribution in [0.1, 0.15) is 41.0 Å². The van der Waals surface area contributed by atoms with Gasteiger partial charge in [-0.3, -0.25) is 19.3 Å². The van der Waals surface area contributed by atoms with Crippen molar-refractivity contribution in [2.24, 2.45) is 0 Å². The predicted molar refractivity (Wildman–Crippen MR) is 97.3 cm³/mol. The van der Waals surface area contributed by atoms with Crippen molar-refractivity contribution in [1.82, 2.24) is 4.90 Å². The number of carbonyl (C=O) groups excluding carboxylic acids is 3. The molecule has 0 saturated heterocycles. The van der Waals surface area contributed by atoms with Crippen molar-refractivity contribution in [2.75, 3.05) is 11.9 Å². The molecule has 0 aromatic heterocycles. The predicted octanol–water partition coefficient (Wildman–Crippen LogP) is 3.10. The second-order valence-electron chi connectivity index (χ2n) is 5.90. The van der Waals surface area contributed by atoms with E-state index in [2.05, 4.69) is 5.32 Å². The molecule has 1 heterocycles. The first-order chi connectivity index (χ1) is 12.6. The summed E-state index contributed by atoms with van der Waals surface area (Å²) in [4.78, 5) is 38.9. The summed E-state index contributed by atoms with van der Waals surface area (Å²) in [5.41, 5.74) is 1.25. The molecule has 2 aromatic carbocycles. The van der Waals surface area contributed by atoms with Gasteiger partial charge in [0.2, 0.25) is 5.91 Å². The van der Waals surface area contributed by atoms with Crippen LogP contribution in [0.4, 0.5) is 5.69 Å². The van der Waals surface area contributed by atoms with E-state index >= 15 is 0 Å². The van der Waals surface area contributed by atoms with Gasteiger partial charge in [0.15, 0.2) is 0 Å². The minimum Gasteiger partial charge on any atom is -0.494 e. The second kappa shape index (κ2) is 7.39. The summed E-state index contributed by atoms with van der Waals surface area (Å²) in [7, 11) is 0. The van der Waals surface area contributed by atoms with Crippen molar-refractivity contribution >= 4 is 23.4 Å². The standard InChI is InChI=1S/C20H20N2O4/c1-3-17(18(23)21-13-9-11-14(12-10-13)26-4-2)22-19(24)15-7-5-6-8-16(15)20(22)25/h5-12,17H,3-4H2,1-2H3,(H,21,23). The van der Waals surface area contributed by atoms with Crippen molar-refractivity contribution in [3.63, 3.8) is 0 Å². The maximum Gasteiger partial charge on any atom is 0.262 e. The summed E-state index contributed by atoms with van der Waals surface area (Å²) in [6, 6.07) is 12.7. The molecule has 0 saturated carbocycles. The van der Waals surface area contributed by atoms with Crippen LogP contribution in [0.5, 0.6) is 5.75 Å². The highest BCUT2D eigenvalue weighted by atomic mass is 16.5. The lowest BCUT2D eigenvalue weighted by molar-refractivity contribution is -0.120. The van der Waals surface area contributed by atoms with Gasteiger partial charge in [0.25, 0.3) is 11.8 Å². The number of imide groups is 1. The Kier molecular flexibility index (Phi) is 5.02. The number of hydrogen-bond acceptors (Lipinski definition) is 4. The third-order valence-electron chi connectivity index (χ3n) is 4.26. The first-order valence-corrected chi connectivity index (χ1v) is 8.57. The van der Waals surface area contributed by atoms with Gasteiger partial charge in [0.1, 0.15) is 11.8 Å². The van der Waals surface area contributed by atoms with Crippen LogP contribution in [0.25, 0.3) is 0 Å². The van der Waals surface area contributed by atoms with Crippen molar-refractivity contribution in [3.8, 4) is 5.75 Å². The van der Waals surface area contributed by atoms with Crippen LogP contribution < -0.4 is 10.1 Å². The molecular weight excluding hydrogens is 332 g/mol. The van der Waals surface area contributed by atoms with Crippen molar-refractivity contribution in [1.29, 1.82) is 0 Å². The number of rotatable bonds is 6. The molecule has 1 atom stereocenters. The van der Waals surface area contributed by atoms with E-state index < -0.39 is 23.8 Å². The third kappa shape index (κ3) is 3.18. The number of hydrogen-bond donors (Lipinski definition) is 1. The Morgan fingerprint density at radius 2 is 1.58 bits per heavy atom. The lowest BCUT2D eigenvalue weighted by Gasteiger charge is -2.24. The van der Waals surface area contributed by atoms with Crippen LogP contribution in [0.2, 0.25) is 0 Å². The quantitative estimate of drug-likeness (QED) is 0.811. The molecule has 0 bridgehead atoms. The molecule has 1 unspecified atom stereocenters. The number of amides is 3. The summed E-state index contributed by atoms with van der Waals surface area (Å²) in [5.74, 6) is -0.553. The molecule has 0 radical (unpaired) electrons. The van der Waals surface area contributed by atoms with E-state index in [4.69, 9.17) is 4.74 Å². The Hall–Kier alpha value is -3.15. The van der Waals surface area contributed by atoms with E-state index in [-0.39, 0.29) is 0 Å². The molecule has 0 spiro atoms. The normalized spacial score (nSPS) is 14.2. The number of nitrogens with one attached hydrogen (secondary N) is 1. The highest BCUT2D eigenvalue weighted by Gasteiger charge is 2.41. The monoisotopic (exact) mass is 352 g/mol. The maximum atomic E-state index is 12.7. The summed E-state index contributed by atoms with van der Waals surface area (Å²) in [6.45, 7) is 4.22. The lowest BCUT2D eigenvalue weighted by atomic mass is 10.1. The fourth-order valence-electron chi connectivity index (χ4n) is 3.00. The zero-order valence-corrected chi connectivity index (χ0v) is 14.7. The molecule has 134 valence electrons. The van der Waals surface area contributed by atoms with Crippen LogP contribution in [0.3, 0.4) is 0 Å². The van der Waals surface area contributed by atoms with Crippen molar-refractivity contribution in [3.05, 3.63) is 59.7 Å². The minimum absolute atomic E-state index is 0.328. The van der Waals surface area contributed by atoms with Crippen LogP contribution in [-0.2, 0) is 4.79 Å². The summed E-state index contributed by atoms with van der Waals surface area (Å²) in [5, 5.41) is 2.77. The molecule has 6 nitrogen and oxygen atoms in total. The van der Waals surface area contributed by atoms with E-state index in [0.717, 1.165) is 4.90 Å². The zero-order valence-electron chi connectivity index (χ0n) is 14.7. The van der Waals surface area contributed by atoms with Crippen LogP contribution in [0.15, 0.2) is 48.5 Å². The Bertz CT molecular complexity index is 810. The molecule has 3 rings (SSSR count). The number of benzene rings is 2. The number of fused-ring (bicyclic) bond motifs is 1. The Morgan fingerprint density at radius 3 is 2.08 bits per heavy atom. The largest absolute Gasteiger partial charge is 0.494 e. The topological polar surface area (TPSA) is 75.7 Å². The lowest BCUT2D eigenvalue weighted by Crippen LogP contribution is -2.46. The summed E-state index contributed by atoms with van der Waals surface area (Å²) < 4.78 is 5.37. The first-order valence-electron chi connectivity index (χ1n) is 8.57. The molecule has 1 N–H and O–H groups in total. The smallest absolute Gasteiger partial charge is 0.262 e. The Morgan fingerprint density at radius 1 is 1.00 bits per heavy atom. The maximum absolute atomic E-state index is 12.7. The first kappa shape index (κ1) is 17.7. The Balaban J connectivity index is 1.77. The minimum atomic E-state index is -0.867. The number of nitrogens with zero attached hydrogens (tertiary/aromatic N) is 1. The molecule has 2 aromatic rings. The molecule has 6 heteroatoms. The van der Waals surface area contributed by atoms with E-state index in [1.807, 2.05) is 6.92 Å². The Labute approximate surface area is 151 Å². The SMILES string of the molecule is CCOc1ccc(NC(=O)C(CC)N2C(=O)c3ccccc3C2=O)cc1. The number of anilines is 1. The number of carbonyl (C=O) groups is 3. The van der Waals surface area contributed by atoms with E-state index in [1.54, 1.807) is 55.5 Å². The van der Waals surface area contributed by atoms with E-state index in [9.17, 15) is 14.4 Å². The molecule has 1 aliphatic heterocycles. The molecule has 0 aliphatic carbocycles. The van der Waals surface area contributed by atoms with Crippen LogP contribution in [-0.4, -0.2) is 35.3 Å².